The summed E-state index contributed by atoms with van der Waals surface area (Å²) in [7, 11) is -3.80. The summed E-state index contributed by atoms with van der Waals surface area (Å²) in [6, 6.07) is 9.37. The van der Waals surface area contributed by atoms with Crippen molar-refractivity contribution in [3.63, 3.8) is 0 Å². The van der Waals surface area contributed by atoms with Crippen LogP contribution in [0.1, 0.15) is 37.7 Å². The molecular formula is C18H22N4O3S. The third-order valence-electron chi connectivity index (χ3n) is 4.65. The Balaban J connectivity index is 1.62. The molecule has 0 aromatic heterocycles. The molecule has 0 unspecified atom stereocenters. The van der Waals surface area contributed by atoms with Gasteiger partial charge in [0.25, 0.3) is 0 Å². The number of carbonyl (C=O) groups is 1. The Bertz CT molecular complexity index is 824. The first kappa shape index (κ1) is 18.5. The van der Waals surface area contributed by atoms with Crippen molar-refractivity contribution >= 4 is 16.1 Å². The van der Waals surface area contributed by atoms with Crippen molar-refractivity contribution in [2.24, 2.45) is 10.2 Å². The Morgan fingerprint density at radius 2 is 1.92 bits per heavy atom. The molecule has 138 valence electrons. The summed E-state index contributed by atoms with van der Waals surface area (Å²) < 4.78 is 28.0. The molecule has 0 bridgehead atoms. The van der Waals surface area contributed by atoms with Gasteiger partial charge in [0.15, 0.2) is 5.66 Å². The van der Waals surface area contributed by atoms with Crippen LogP contribution in [0.4, 0.5) is 0 Å². The molecule has 0 N–H and O–H groups in total. The molecule has 0 radical (unpaired) electrons. The van der Waals surface area contributed by atoms with Crippen molar-refractivity contribution in [2.45, 2.75) is 44.3 Å². The quantitative estimate of drug-likeness (QED) is 0.687. The van der Waals surface area contributed by atoms with E-state index in [1.165, 1.54) is 4.31 Å². The van der Waals surface area contributed by atoms with Crippen LogP contribution >= 0.6 is 0 Å². The van der Waals surface area contributed by atoms with Crippen LogP contribution in [0, 0.1) is 12.3 Å². The van der Waals surface area contributed by atoms with Crippen molar-refractivity contribution in [1.82, 2.24) is 8.61 Å². The monoisotopic (exact) mass is 374 g/mol. The van der Waals surface area contributed by atoms with Crippen molar-refractivity contribution in [3.8, 4) is 12.3 Å². The minimum absolute atomic E-state index is 0.0932. The molecule has 1 aromatic carbocycles. The summed E-state index contributed by atoms with van der Waals surface area (Å²) in [6.07, 6.45) is 7.51. The average molecular weight is 374 g/mol. The van der Waals surface area contributed by atoms with E-state index in [1.807, 2.05) is 30.3 Å². The van der Waals surface area contributed by atoms with Gasteiger partial charge in [-0.2, -0.15) is 23.0 Å². The van der Waals surface area contributed by atoms with Crippen LogP contribution in [0.15, 0.2) is 40.6 Å². The molecule has 2 aliphatic rings. The van der Waals surface area contributed by atoms with Crippen molar-refractivity contribution in [2.75, 3.05) is 13.1 Å². The lowest BCUT2D eigenvalue weighted by molar-refractivity contribution is -0.127. The van der Waals surface area contributed by atoms with Gasteiger partial charge >= 0.3 is 10.2 Å². The topological polar surface area (TPSA) is 82.4 Å². The lowest BCUT2D eigenvalue weighted by Crippen LogP contribution is -2.51. The SMILES string of the molecule is C#CCCC1(CCC(=O)N2CCCN(Cc3ccccc3)S2(=O)=O)N=N1. The van der Waals surface area contributed by atoms with Gasteiger partial charge in [0, 0.05) is 45.3 Å². The first-order valence-corrected chi connectivity index (χ1v) is 10.1. The van der Waals surface area contributed by atoms with Crippen molar-refractivity contribution in [3.05, 3.63) is 35.9 Å². The predicted molar refractivity (Wildman–Crippen MR) is 97.0 cm³/mol. The highest BCUT2D eigenvalue weighted by molar-refractivity contribution is 7.87. The van der Waals surface area contributed by atoms with E-state index in [9.17, 15) is 13.2 Å². The number of amides is 1. The maximum atomic E-state index is 12.8. The Kier molecular flexibility index (Phi) is 5.39. The molecule has 1 aromatic rings. The van der Waals surface area contributed by atoms with Crippen molar-refractivity contribution in [1.29, 1.82) is 0 Å². The van der Waals surface area contributed by atoms with E-state index in [0.29, 0.717) is 32.2 Å². The van der Waals surface area contributed by atoms with Crippen LogP contribution in [0.2, 0.25) is 0 Å². The second kappa shape index (κ2) is 7.56. The van der Waals surface area contributed by atoms with Gasteiger partial charge in [-0.05, 0) is 12.0 Å². The highest BCUT2D eigenvalue weighted by atomic mass is 32.2. The number of hydrogen-bond donors (Lipinski definition) is 0. The van der Waals surface area contributed by atoms with Crippen LogP contribution < -0.4 is 0 Å². The van der Waals surface area contributed by atoms with E-state index >= 15 is 0 Å². The van der Waals surface area contributed by atoms with E-state index < -0.39 is 21.8 Å². The average Bonchev–Trinajstić information content (AvgIpc) is 3.41. The van der Waals surface area contributed by atoms with Crippen LogP contribution in [0.3, 0.4) is 0 Å². The molecule has 0 spiro atoms. The minimum atomic E-state index is -3.80. The third-order valence-corrected chi connectivity index (χ3v) is 6.55. The smallest absolute Gasteiger partial charge is 0.274 e. The second-order valence-electron chi connectivity index (χ2n) is 6.53. The van der Waals surface area contributed by atoms with Crippen LogP contribution in [-0.2, 0) is 21.5 Å². The van der Waals surface area contributed by atoms with Crippen LogP contribution in [-0.4, -0.2) is 41.7 Å². The molecule has 0 saturated carbocycles. The number of terminal acetylenes is 1. The van der Waals surface area contributed by atoms with E-state index in [-0.39, 0.29) is 19.5 Å². The van der Waals surface area contributed by atoms with Gasteiger partial charge in [0.1, 0.15) is 0 Å². The zero-order chi connectivity index (χ0) is 18.6. The molecule has 2 heterocycles. The zero-order valence-electron chi connectivity index (χ0n) is 14.5. The minimum Gasteiger partial charge on any atom is -0.274 e. The van der Waals surface area contributed by atoms with Gasteiger partial charge in [0.2, 0.25) is 5.91 Å². The first-order valence-electron chi connectivity index (χ1n) is 8.69. The molecule has 1 saturated heterocycles. The van der Waals surface area contributed by atoms with Crippen LogP contribution in [0.5, 0.6) is 0 Å². The number of hydrogen-bond acceptors (Lipinski definition) is 5. The highest BCUT2D eigenvalue weighted by Gasteiger charge is 2.42. The second-order valence-corrected chi connectivity index (χ2v) is 8.39. The van der Waals surface area contributed by atoms with Crippen molar-refractivity contribution < 1.29 is 13.2 Å². The Morgan fingerprint density at radius 3 is 2.58 bits per heavy atom. The highest BCUT2D eigenvalue weighted by Crippen LogP contribution is 2.38. The molecule has 1 fully saturated rings. The fourth-order valence-electron chi connectivity index (χ4n) is 3.06. The maximum absolute atomic E-state index is 12.8. The van der Waals surface area contributed by atoms with E-state index in [0.717, 1.165) is 9.87 Å². The van der Waals surface area contributed by atoms with Crippen LogP contribution in [0.25, 0.3) is 0 Å². The van der Waals surface area contributed by atoms with Gasteiger partial charge in [0.05, 0.1) is 0 Å². The lowest BCUT2D eigenvalue weighted by Gasteiger charge is -2.34. The van der Waals surface area contributed by atoms with E-state index in [2.05, 4.69) is 16.1 Å². The van der Waals surface area contributed by atoms with Gasteiger partial charge in [-0.25, -0.2) is 4.31 Å². The third kappa shape index (κ3) is 4.11. The summed E-state index contributed by atoms with van der Waals surface area (Å²) in [5.74, 6) is 2.14. The molecule has 3 rings (SSSR count). The number of benzene rings is 1. The zero-order valence-corrected chi connectivity index (χ0v) is 15.4. The fourth-order valence-corrected chi connectivity index (χ4v) is 4.72. The number of rotatable bonds is 7. The van der Waals surface area contributed by atoms with Gasteiger partial charge < -0.3 is 0 Å². The first-order chi connectivity index (χ1) is 12.5. The van der Waals surface area contributed by atoms with E-state index in [4.69, 9.17) is 6.42 Å². The molecule has 1 amide bonds. The standard InChI is InChI=1S/C18H22N4O3S/c1-2-3-11-18(19-20-18)12-10-17(23)22-14-7-13-21(26(22,24)25)15-16-8-5-4-6-9-16/h1,4-6,8-9H,3,7,10-15H2. The maximum Gasteiger partial charge on any atom is 0.306 e. The number of carbonyl (C=O) groups excluding carboxylic acids is 1. The summed E-state index contributed by atoms with van der Waals surface area (Å²) in [4.78, 5) is 12.6. The Hall–Kier alpha value is -2.24. The largest absolute Gasteiger partial charge is 0.306 e. The molecule has 2 aliphatic heterocycles. The summed E-state index contributed by atoms with van der Waals surface area (Å²) in [6.45, 7) is 0.902. The molecule has 0 atom stereocenters. The fraction of sp³-hybridized carbons (Fsp3) is 0.500. The summed E-state index contributed by atoms with van der Waals surface area (Å²) >= 11 is 0. The molecule has 0 aliphatic carbocycles. The van der Waals surface area contributed by atoms with Gasteiger partial charge in [-0.15, -0.1) is 12.3 Å². The molecule has 26 heavy (non-hydrogen) atoms. The lowest BCUT2D eigenvalue weighted by atomic mass is 10.0. The molecular weight excluding hydrogens is 352 g/mol. The molecule has 7 nitrogen and oxygen atoms in total. The van der Waals surface area contributed by atoms with E-state index in [1.54, 1.807) is 0 Å². The predicted octanol–water partition coefficient (Wildman–Crippen LogP) is 2.32. The normalized spacial score (nSPS) is 20.5. The Morgan fingerprint density at radius 1 is 1.19 bits per heavy atom. The van der Waals surface area contributed by atoms with Gasteiger partial charge in [-0.3, -0.25) is 4.79 Å². The number of nitrogens with zero attached hydrogens (tertiary/aromatic N) is 4. The van der Waals surface area contributed by atoms with Gasteiger partial charge in [-0.1, -0.05) is 30.3 Å². The molecule has 8 heteroatoms. The summed E-state index contributed by atoms with van der Waals surface area (Å²) in [5.41, 5.74) is 0.319. The Labute approximate surface area is 154 Å². The summed E-state index contributed by atoms with van der Waals surface area (Å²) in [5, 5.41) is 7.99.